The Labute approximate surface area is 103 Å². The summed E-state index contributed by atoms with van der Waals surface area (Å²) in [5.41, 5.74) is 0. The molecule has 0 aromatic carbocycles. The second kappa shape index (κ2) is 4.69. The lowest BCUT2D eigenvalue weighted by atomic mass is 10.2. The van der Waals surface area contributed by atoms with Gasteiger partial charge in [-0.1, -0.05) is 0 Å². The molecule has 4 nitrogen and oxygen atoms in total. The average Bonchev–Trinajstić information content (AvgIpc) is 3.11. The van der Waals surface area contributed by atoms with E-state index in [0.717, 1.165) is 37.9 Å². The lowest BCUT2D eigenvalue weighted by molar-refractivity contribution is 0.488. The largest absolute Gasteiger partial charge is 0.354 e. The van der Waals surface area contributed by atoms with Crippen molar-refractivity contribution >= 4 is 5.82 Å². The monoisotopic (exact) mass is 234 g/mol. The van der Waals surface area contributed by atoms with E-state index in [-0.39, 0.29) is 0 Å². The maximum Gasteiger partial charge on any atom is 0.150 e. The molecule has 1 aliphatic carbocycles. The summed E-state index contributed by atoms with van der Waals surface area (Å²) in [6, 6.07) is 2.84. The second-order valence-corrected chi connectivity index (χ2v) is 5.23. The van der Waals surface area contributed by atoms with E-state index in [2.05, 4.69) is 34.5 Å². The predicted molar refractivity (Wildman–Crippen MR) is 69.2 cm³/mol. The van der Waals surface area contributed by atoms with Gasteiger partial charge in [0.05, 0.1) is 0 Å². The van der Waals surface area contributed by atoms with E-state index in [1.165, 1.54) is 19.3 Å². The Kier molecular flexibility index (Phi) is 3.05. The van der Waals surface area contributed by atoms with E-state index in [1.54, 1.807) is 0 Å². The summed E-state index contributed by atoms with van der Waals surface area (Å²) >= 11 is 0. The van der Waals surface area contributed by atoms with Crippen LogP contribution in [-0.4, -0.2) is 35.5 Å². The number of aromatic nitrogens is 2. The molecular weight excluding hydrogens is 212 g/mol. The van der Waals surface area contributed by atoms with E-state index in [1.807, 2.05) is 4.68 Å². The normalized spacial score (nSPS) is 25.9. The molecule has 1 aromatic rings. The Morgan fingerprint density at radius 3 is 3.06 bits per heavy atom. The van der Waals surface area contributed by atoms with E-state index >= 15 is 0 Å². The van der Waals surface area contributed by atoms with Gasteiger partial charge in [0.1, 0.15) is 0 Å². The number of rotatable bonds is 3. The van der Waals surface area contributed by atoms with Crippen LogP contribution >= 0.6 is 0 Å². The lowest BCUT2D eigenvalue weighted by Gasteiger charge is -2.24. The van der Waals surface area contributed by atoms with Crippen LogP contribution in [0.4, 0.5) is 5.82 Å². The fraction of sp³-hybridized carbons (Fsp3) is 0.769. The number of aryl methyl sites for hydroxylation is 1. The quantitative estimate of drug-likeness (QED) is 0.860. The van der Waals surface area contributed by atoms with Crippen molar-refractivity contribution in [1.29, 1.82) is 0 Å². The van der Waals surface area contributed by atoms with Gasteiger partial charge < -0.3 is 10.2 Å². The number of hydrogen-bond donors (Lipinski definition) is 1. The summed E-state index contributed by atoms with van der Waals surface area (Å²) in [6.45, 7) is 6.51. The third kappa shape index (κ3) is 2.46. The van der Waals surface area contributed by atoms with Crippen molar-refractivity contribution in [3.05, 3.63) is 12.3 Å². The standard InChI is InChI=1S/C13H22N4/c1-2-17-9-6-13(15-17)16-8-3-7-14-12(10-16)11-4-5-11/h6,9,11-12,14H,2-5,7-8,10H2,1H3. The van der Waals surface area contributed by atoms with Gasteiger partial charge in [-0.3, -0.25) is 4.68 Å². The maximum absolute atomic E-state index is 4.62. The molecule has 2 fully saturated rings. The molecule has 1 saturated carbocycles. The Bertz CT molecular complexity index is 369. The van der Waals surface area contributed by atoms with Crippen molar-refractivity contribution in [1.82, 2.24) is 15.1 Å². The highest BCUT2D eigenvalue weighted by molar-refractivity contribution is 5.37. The van der Waals surface area contributed by atoms with Crippen molar-refractivity contribution in [3.63, 3.8) is 0 Å². The van der Waals surface area contributed by atoms with Crippen molar-refractivity contribution in [3.8, 4) is 0 Å². The summed E-state index contributed by atoms with van der Waals surface area (Å²) in [7, 11) is 0. The molecule has 1 N–H and O–H groups in total. The molecule has 2 heterocycles. The zero-order chi connectivity index (χ0) is 11.7. The first-order valence-electron chi connectivity index (χ1n) is 6.88. The summed E-state index contributed by atoms with van der Waals surface area (Å²) in [6.07, 6.45) is 6.13. The average molecular weight is 234 g/mol. The van der Waals surface area contributed by atoms with Crippen molar-refractivity contribution in [2.24, 2.45) is 5.92 Å². The van der Waals surface area contributed by atoms with Crippen molar-refractivity contribution < 1.29 is 0 Å². The predicted octanol–water partition coefficient (Wildman–Crippen LogP) is 1.48. The maximum atomic E-state index is 4.62. The van der Waals surface area contributed by atoms with Gasteiger partial charge in [-0.2, -0.15) is 5.10 Å². The molecule has 1 saturated heterocycles. The highest BCUT2D eigenvalue weighted by Gasteiger charge is 2.33. The highest BCUT2D eigenvalue weighted by atomic mass is 15.3. The summed E-state index contributed by atoms with van der Waals surface area (Å²) in [4.78, 5) is 2.45. The van der Waals surface area contributed by atoms with Gasteiger partial charge in [0.15, 0.2) is 5.82 Å². The minimum Gasteiger partial charge on any atom is -0.354 e. The molecule has 0 bridgehead atoms. The molecule has 0 spiro atoms. The number of nitrogens with zero attached hydrogens (tertiary/aromatic N) is 3. The second-order valence-electron chi connectivity index (χ2n) is 5.23. The van der Waals surface area contributed by atoms with Crippen molar-refractivity contribution in [2.45, 2.75) is 38.8 Å². The van der Waals surface area contributed by atoms with Crippen LogP contribution in [0.1, 0.15) is 26.2 Å². The fourth-order valence-electron chi connectivity index (χ4n) is 2.67. The van der Waals surface area contributed by atoms with Crippen LogP contribution in [-0.2, 0) is 6.54 Å². The van der Waals surface area contributed by atoms with E-state index in [0.29, 0.717) is 6.04 Å². The molecule has 1 atom stereocenters. The smallest absolute Gasteiger partial charge is 0.150 e. The lowest BCUT2D eigenvalue weighted by Crippen LogP contribution is -2.39. The van der Waals surface area contributed by atoms with Crippen molar-refractivity contribution in [2.75, 3.05) is 24.5 Å². The van der Waals surface area contributed by atoms with Gasteiger partial charge in [0, 0.05) is 37.9 Å². The molecule has 1 aromatic heterocycles. The third-order valence-electron chi connectivity index (χ3n) is 3.89. The Balaban J connectivity index is 1.71. The first-order chi connectivity index (χ1) is 8.36. The minimum atomic E-state index is 0.685. The van der Waals surface area contributed by atoms with Crippen LogP contribution in [0.15, 0.2) is 12.3 Å². The van der Waals surface area contributed by atoms with Gasteiger partial charge >= 0.3 is 0 Å². The van der Waals surface area contributed by atoms with E-state index in [4.69, 9.17) is 0 Å². The van der Waals surface area contributed by atoms with Gasteiger partial charge in [-0.25, -0.2) is 0 Å². The topological polar surface area (TPSA) is 33.1 Å². The van der Waals surface area contributed by atoms with Crippen LogP contribution in [0.25, 0.3) is 0 Å². The van der Waals surface area contributed by atoms with Crippen LogP contribution in [0.3, 0.4) is 0 Å². The first-order valence-corrected chi connectivity index (χ1v) is 6.88. The fourth-order valence-corrected chi connectivity index (χ4v) is 2.67. The number of nitrogens with one attached hydrogen (secondary N) is 1. The van der Waals surface area contributed by atoms with Gasteiger partial charge in [0.2, 0.25) is 0 Å². The van der Waals surface area contributed by atoms with Crippen LogP contribution in [0.2, 0.25) is 0 Å². The molecule has 0 radical (unpaired) electrons. The molecule has 1 unspecified atom stereocenters. The number of anilines is 1. The third-order valence-corrected chi connectivity index (χ3v) is 3.89. The molecule has 4 heteroatoms. The molecule has 94 valence electrons. The Morgan fingerprint density at radius 2 is 2.35 bits per heavy atom. The molecule has 0 amide bonds. The minimum absolute atomic E-state index is 0.685. The zero-order valence-corrected chi connectivity index (χ0v) is 10.6. The highest BCUT2D eigenvalue weighted by Crippen LogP contribution is 2.34. The Morgan fingerprint density at radius 1 is 1.47 bits per heavy atom. The molecule has 1 aliphatic heterocycles. The van der Waals surface area contributed by atoms with Gasteiger partial charge in [0.25, 0.3) is 0 Å². The molecule has 17 heavy (non-hydrogen) atoms. The zero-order valence-electron chi connectivity index (χ0n) is 10.6. The van der Waals surface area contributed by atoms with Crippen LogP contribution in [0.5, 0.6) is 0 Å². The number of hydrogen-bond acceptors (Lipinski definition) is 3. The SMILES string of the molecule is CCn1ccc(N2CCCNC(C3CC3)C2)n1. The first kappa shape index (κ1) is 11.1. The summed E-state index contributed by atoms with van der Waals surface area (Å²) in [5.74, 6) is 2.07. The van der Waals surface area contributed by atoms with Gasteiger partial charge in [-0.05, 0) is 38.6 Å². The summed E-state index contributed by atoms with van der Waals surface area (Å²) in [5, 5.41) is 8.31. The molecular formula is C13H22N4. The van der Waals surface area contributed by atoms with Crippen LogP contribution in [0, 0.1) is 5.92 Å². The van der Waals surface area contributed by atoms with E-state index < -0.39 is 0 Å². The summed E-state index contributed by atoms with van der Waals surface area (Å²) < 4.78 is 2.01. The van der Waals surface area contributed by atoms with E-state index in [9.17, 15) is 0 Å². The van der Waals surface area contributed by atoms with Gasteiger partial charge in [-0.15, -0.1) is 0 Å². The Hall–Kier alpha value is -1.03. The van der Waals surface area contributed by atoms with Crippen LogP contribution < -0.4 is 10.2 Å². The molecule has 2 aliphatic rings. The molecule has 3 rings (SSSR count).